The van der Waals surface area contributed by atoms with E-state index in [2.05, 4.69) is 18.2 Å². The summed E-state index contributed by atoms with van der Waals surface area (Å²) < 4.78 is 0. The molecule has 0 bridgehead atoms. The smallest absolute Gasteiger partial charge is 0 e. The Morgan fingerprint density at radius 3 is 0.600 bits per heavy atom. The quantitative estimate of drug-likeness (QED) is 0.473. The Kier molecular flexibility index (Phi) is 18.3. The van der Waals surface area contributed by atoms with Crippen molar-refractivity contribution in [1.29, 1.82) is 0 Å². The molecular formula is C18H16OPb-. The second-order valence-electron chi connectivity index (χ2n) is 3.23. The third-order valence-corrected chi connectivity index (χ3v) is 1.82. The number of hydrogen-bond donors (Lipinski definition) is 0. The van der Waals surface area contributed by atoms with Gasteiger partial charge < -0.3 is 5.48 Å². The molecule has 0 amide bonds. The van der Waals surface area contributed by atoms with Gasteiger partial charge in [0.05, 0.1) is 0 Å². The van der Waals surface area contributed by atoms with Gasteiger partial charge in [-0.05, 0) is 18.2 Å². The monoisotopic (exact) mass is 456 g/mol. The Labute approximate surface area is 141 Å². The SMILES string of the molecule is [OH-].[Pb].[c]1ccccc1.[c]1ccccc1.[c]1ccccc1. The van der Waals surface area contributed by atoms with E-state index in [1.54, 1.807) is 0 Å². The van der Waals surface area contributed by atoms with Crippen LogP contribution in [0, 0.1) is 18.2 Å². The first-order valence-electron chi connectivity index (χ1n) is 5.73. The van der Waals surface area contributed by atoms with Crippen LogP contribution < -0.4 is 0 Å². The van der Waals surface area contributed by atoms with Crippen molar-refractivity contribution in [2.45, 2.75) is 0 Å². The predicted octanol–water partition coefficient (Wildman–Crippen LogP) is 3.90. The summed E-state index contributed by atoms with van der Waals surface area (Å²) in [6.45, 7) is 0. The van der Waals surface area contributed by atoms with E-state index in [-0.39, 0.29) is 32.8 Å². The van der Waals surface area contributed by atoms with Gasteiger partial charge in [0.2, 0.25) is 0 Å². The largest absolute Gasteiger partial charge is 0.870 e. The first kappa shape index (κ1) is 20.9. The van der Waals surface area contributed by atoms with Gasteiger partial charge in [0.15, 0.2) is 0 Å². The van der Waals surface area contributed by atoms with Crippen LogP contribution in [-0.4, -0.2) is 32.8 Å². The van der Waals surface area contributed by atoms with Crippen molar-refractivity contribution < 1.29 is 5.48 Å². The van der Waals surface area contributed by atoms with Crippen LogP contribution >= 0.6 is 0 Å². The Hall–Kier alpha value is -1.46. The molecule has 0 fully saturated rings. The summed E-state index contributed by atoms with van der Waals surface area (Å²) >= 11 is 0. The normalized spacial score (nSPS) is 7.20. The van der Waals surface area contributed by atoms with Crippen LogP contribution in [-0.2, 0) is 0 Å². The minimum absolute atomic E-state index is 0. The maximum Gasteiger partial charge on any atom is 0 e. The topological polar surface area (TPSA) is 30.0 Å². The molecule has 3 aromatic rings. The summed E-state index contributed by atoms with van der Waals surface area (Å²) in [4.78, 5) is 0. The number of benzene rings is 3. The van der Waals surface area contributed by atoms with Crippen molar-refractivity contribution >= 4 is 27.3 Å². The van der Waals surface area contributed by atoms with Crippen molar-refractivity contribution in [2.75, 3.05) is 0 Å². The predicted molar refractivity (Wildman–Crippen MR) is 83.5 cm³/mol. The standard InChI is InChI=1S/3C6H5.H2O.Pb/c3*1-2-4-6-5-3-1;;/h3*1-5H;1H2;/p-1. The van der Waals surface area contributed by atoms with Crippen LogP contribution in [0.1, 0.15) is 0 Å². The van der Waals surface area contributed by atoms with E-state index in [1.165, 1.54) is 0 Å². The average Bonchev–Trinajstić information content (AvgIpc) is 2.54. The summed E-state index contributed by atoms with van der Waals surface area (Å²) in [6, 6.07) is 37.5. The van der Waals surface area contributed by atoms with Gasteiger partial charge in [0.1, 0.15) is 0 Å². The van der Waals surface area contributed by atoms with Crippen molar-refractivity contribution in [1.82, 2.24) is 0 Å². The first-order chi connectivity index (χ1) is 9.00. The molecule has 99 valence electrons. The number of rotatable bonds is 0. The summed E-state index contributed by atoms with van der Waals surface area (Å²) in [5.41, 5.74) is 0. The molecule has 20 heavy (non-hydrogen) atoms. The molecular weight excluding hydrogens is 439 g/mol. The zero-order chi connectivity index (χ0) is 12.7. The van der Waals surface area contributed by atoms with Crippen LogP contribution in [0.4, 0.5) is 0 Å². The fourth-order valence-electron chi connectivity index (χ4n) is 1.03. The second-order valence-corrected chi connectivity index (χ2v) is 3.23. The molecule has 3 rings (SSSR count). The van der Waals surface area contributed by atoms with Crippen LogP contribution in [0.15, 0.2) is 91.0 Å². The minimum atomic E-state index is 0. The zero-order valence-electron chi connectivity index (χ0n) is 11.1. The van der Waals surface area contributed by atoms with Crippen molar-refractivity contribution in [3.05, 3.63) is 109 Å². The molecule has 7 radical (unpaired) electrons. The molecule has 0 unspecified atom stereocenters. The van der Waals surface area contributed by atoms with Crippen LogP contribution in [0.25, 0.3) is 0 Å². The number of hydrogen-bond acceptors (Lipinski definition) is 1. The molecule has 3 aromatic carbocycles. The molecule has 0 saturated carbocycles. The van der Waals surface area contributed by atoms with Gasteiger partial charge >= 0.3 is 0 Å². The molecule has 0 aliphatic rings. The van der Waals surface area contributed by atoms with E-state index >= 15 is 0 Å². The maximum absolute atomic E-state index is 2.89. The fraction of sp³-hybridized carbons (Fsp3) is 0. The van der Waals surface area contributed by atoms with E-state index in [0.717, 1.165) is 0 Å². The molecule has 0 aromatic heterocycles. The molecule has 0 aliphatic carbocycles. The molecule has 0 saturated heterocycles. The van der Waals surface area contributed by atoms with E-state index in [1.807, 2.05) is 91.0 Å². The maximum atomic E-state index is 2.89. The Bertz CT molecular complexity index is 302. The first-order valence-corrected chi connectivity index (χ1v) is 5.73. The van der Waals surface area contributed by atoms with E-state index in [9.17, 15) is 0 Å². The molecule has 0 heterocycles. The van der Waals surface area contributed by atoms with Gasteiger partial charge in [-0.15, -0.1) is 0 Å². The van der Waals surface area contributed by atoms with E-state index in [0.29, 0.717) is 0 Å². The third-order valence-electron chi connectivity index (χ3n) is 1.82. The molecule has 0 atom stereocenters. The average molecular weight is 456 g/mol. The minimum Gasteiger partial charge on any atom is -0.870 e. The van der Waals surface area contributed by atoms with E-state index < -0.39 is 0 Å². The summed E-state index contributed by atoms with van der Waals surface area (Å²) in [7, 11) is 0. The summed E-state index contributed by atoms with van der Waals surface area (Å²) in [5, 5.41) is 0. The van der Waals surface area contributed by atoms with Crippen LogP contribution in [0.5, 0.6) is 0 Å². The van der Waals surface area contributed by atoms with Crippen molar-refractivity contribution in [3.63, 3.8) is 0 Å². The van der Waals surface area contributed by atoms with Crippen molar-refractivity contribution in [3.8, 4) is 0 Å². The van der Waals surface area contributed by atoms with Gasteiger partial charge in [-0.25, -0.2) is 0 Å². The van der Waals surface area contributed by atoms with Gasteiger partial charge in [-0.1, -0.05) is 91.0 Å². The Morgan fingerprint density at radius 2 is 0.550 bits per heavy atom. The Morgan fingerprint density at radius 1 is 0.350 bits per heavy atom. The fourth-order valence-corrected chi connectivity index (χ4v) is 1.03. The third kappa shape index (κ3) is 14.6. The summed E-state index contributed by atoms with van der Waals surface area (Å²) in [5.74, 6) is 0. The van der Waals surface area contributed by atoms with E-state index in [4.69, 9.17) is 0 Å². The van der Waals surface area contributed by atoms with Crippen molar-refractivity contribution in [2.24, 2.45) is 0 Å². The molecule has 1 N–H and O–H groups in total. The van der Waals surface area contributed by atoms with Gasteiger partial charge in [-0.2, -0.15) is 0 Å². The molecule has 0 aliphatic heterocycles. The van der Waals surface area contributed by atoms with Crippen LogP contribution in [0.3, 0.4) is 0 Å². The second kappa shape index (κ2) is 17.5. The zero-order valence-corrected chi connectivity index (χ0v) is 15.0. The molecule has 1 nitrogen and oxygen atoms in total. The van der Waals surface area contributed by atoms with Crippen LogP contribution in [0.2, 0.25) is 0 Å². The Balaban J connectivity index is 0. The van der Waals surface area contributed by atoms with Gasteiger partial charge in [-0.3, -0.25) is 0 Å². The van der Waals surface area contributed by atoms with Gasteiger partial charge in [0, 0.05) is 27.3 Å². The van der Waals surface area contributed by atoms with Gasteiger partial charge in [0.25, 0.3) is 0 Å². The molecule has 0 spiro atoms. The summed E-state index contributed by atoms with van der Waals surface area (Å²) in [6.07, 6.45) is 0. The molecule has 2 heteroatoms.